The van der Waals surface area contributed by atoms with Crippen molar-refractivity contribution in [3.8, 4) is 0 Å². The van der Waals surface area contributed by atoms with Crippen LogP contribution in [-0.4, -0.2) is 50.8 Å². The summed E-state index contributed by atoms with van der Waals surface area (Å²) in [7, 11) is -2.35. The molecule has 0 saturated carbocycles. The molecule has 5 atom stereocenters. The molecular weight excluding hydrogens is 439 g/mol. The van der Waals surface area contributed by atoms with E-state index in [1.54, 1.807) is 0 Å². The van der Waals surface area contributed by atoms with Gasteiger partial charge in [0.15, 0.2) is 8.32 Å². The van der Waals surface area contributed by atoms with E-state index in [0.717, 1.165) is 11.1 Å². The number of aliphatic hydroxyl groups excluding tert-OH is 1. The van der Waals surface area contributed by atoms with Crippen LogP contribution in [0.1, 0.15) is 31.9 Å². The first-order valence-electron chi connectivity index (χ1n) is 11.5. The van der Waals surface area contributed by atoms with Crippen LogP contribution in [0.3, 0.4) is 0 Å². The quantitative estimate of drug-likeness (QED) is 0.502. The molecule has 2 aromatic rings. The Balaban J connectivity index is 1.87. The van der Waals surface area contributed by atoms with Gasteiger partial charge in [-0.2, -0.15) is 0 Å². The van der Waals surface area contributed by atoms with Crippen LogP contribution in [0.5, 0.6) is 0 Å². The molecule has 182 valence electrons. The Kier molecular flexibility index (Phi) is 8.83. The summed E-state index contributed by atoms with van der Waals surface area (Å²) in [6.45, 7) is 10.7. The van der Waals surface area contributed by atoms with Crippen molar-refractivity contribution in [2.75, 3.05) is 6.61 Å². The van der Waals surface area contributed by atoms with E-state index in [4.69, 9.17) is 18.6 Å². The highest BCUT2D eigenvalue weighted by Gasteiger charge is 2.52. The molecule has 7 heteroatoms. The van der Waals surface area contributed by atoms with Crippen molar-refractivity contribution in [3.63, 3.8) is 0 Å². The van der Waals surface area contributed by atoms with Crippen molar-refractivity contribution in [1.82, 2.24) is 0 Å². The maximum absolute atomic E-state index is 15.3. The minimum absolute atomic E-state index is 0.120. The highest BCUT2D eigenvalue weighted by atomic mass is 28.4. The van der Waals surface area contributed by atoms with Crippen molar-refractivity contribution < 1.29 is 28.1 Å². The Bertz CT molecular complexity index is 843. The second-order valence-corrected chi connectivity index (χ2v) is 14.8. The molecule has 0 unspecified atom stereocenters. The number of halogens is 1. The van der Waals surface area contributed by atoms with E-state index in [1.807, 2.05) is 60.7 Å². The van der Waals surface area contributed by atoms with E-state index in [0.29, 0.717) is 6.61 Å². The van der Waals surface area contributed by atoms with Gasteiger partial charge >= 0.3 is 0 Å². The molecule has 5 nitrogen and oxygen atoms in total. The normalized spacial score (nSPS) is 26.3. The fraction of sp³-hybridized carbons (Fsp3) is 0.538. The summed E-state index contributed by atoms with van der Waals surface area (Å²) in [6.07, 6.45) is -4.99. The molecule has 0 spiro atoms. The summed E-state index contributed by atoms with van der Waals surface area (Å²) < 4.78 is 39.9. The van der Waals surface area contributed by atoms with Gasteiger partial charge in [0.25, 0.3) is 0 Å². The SMILES string of the molecule is CC(C)(C)[Si](C)(C)O[C@@H]1[C@@H](OCc2ccccc2)[C@H](OCc2ccccc2)[C@@H](CO)O[C@H]1F. The smallest absolute Gasteiger partial charge is 0.227 e. The topological polar surface area (TPSA) is 57.2 Å². The number of benzene rings is 2. The van der Waals surface area contributed by atoms with E-state index in [2.05, 4.69) is 33.9 Å². The molecule has 0 amide bonds. The van der Waals surface area contributed by atoms with Gasteiger partial charge in [0.1, 0.15) is 24.4 Å². The fourth-order valence-corrected chi connectivity index (χ4v) is 4.85. The van der Waals surface area contributed by atoms with Crippen LogP contribution in [0, 0.1) is 0 Å². The van der Waals surface area contributed by atoms with Crippen molar-refractivity contribution in [3.05, 3.63) is 71.8 Å². The molecule has 0 radical (unpaired) electrons. The first-order chi connectivity index (χ1) is 15.6. The van der Waals surface area contributed by atoms with Crippen LogP contribution in [0.25, 0.3) is 0 Å². The number of ether oxygens (including phenoxy) is 3. The maximum Gasteiger partial charge on any atom is 0.227 e. The van der Waals surface area contributed by atoms with Gasteiger partial charge in [0.2, 0.25) is 6.36 Å². The molecule has 1 heterocycles. The molecule has 3 rings (SSSR count). The van der Waals surface area contributed by atoms with Gasteiger partial charge in [-0.3, -0.25) is 0 Å². The lowest BCUT2D eigenvalue weighted by atomic mass is 9.99. The van der Waals surface area contributed by atoms with Crippen molar-refractivity contribution in [2.24, 2.45) is 0 Å². The largest absolute Gasteiger partial charge is 0.406 e. The monoisotopic (exact) mass is 476 g/mol. The minimum atomic E-state index is -2.35. The third-order valence-corrected chi connectivity index (χ3v) is 11.0. The standard InChI is InChI=1S/C26H37FO5Si/c1-26(2,3)33(4,5)32-24-23(30-18-20-14-10-7-11-15-20)22(21(16-28)31-25(24)27)29-17-19-12-8-6-9-13-19/h6-15,21-25,28H,16-18H2,1-5H3/t21-,22-,23+,24-,25-/m1/s1. The Morgan fingerprint density at radius 1 is 0.848 bits per heavy atom. The lowest BCUT2D eigenvalue weighted by Crippen LogP contribution is -2.62. The molecule has 1 fully saturated rings. The Morgan fingerprint density at radius 3 is 1.79 bits per heavy atom. The van der Waals surface area contributed by atoms with E-state index in [-0.39, 0.29) is 18.3 Å². The zero-order chi connectivity index (χ0) is 24.1. The molecule has 2 aromatic carbocycles. The third kappa shape index (κ3) is 6.71. The Morgan fingerprint density at radius 2 is 1.33 bits per heavy atom. The van der Waals surface area contributed by atoms with E-state index in [9.17, 15) is 5.11 Å². The summed E-state index contributed by atoms with van der Waals surface area (Å²) in [5.41, 5.74) is 1.94. The summed E-state index contributed by atoms with van der Waals surface area (Å²) in [4.78, 5) is 0. The van der Waals surface area contributed by atoms with Crippen molar-refractivity contribution in [2.45, 2.75) is 82.9 Å². The van der Waals surface area contributed by atoms with E-state index in [1.165, 1.54) is 0 Å². The molecule has 1 aliphatic heterocycles. The molecule has 1 N–H and O–H groups in total. The molecule has 33 heavy (non-hydrogen) atoms. The van der Waals surface area contributed by atoms with Crippen molar-refractivity contribution in [1.29, 1.82) is 0 Å². The lowest BCUT2D eigenvalue weighted by molar-refractivity contribution is -0.282. The van der Waals surface area contributed by atoms with Crippen molar-refractivity contribution >= 4 is 8.32 Å². The van der Waals surface area contributed by atoms with Gasteiger partial charge in [-0.15, -0.1) is 0 Å². The average molecular weight is 477 g/mol. The number of aliphatic hydroxyl groups is 1. The van der Waals surface area contributed by atoms with Gasteiger partial charge in [-0.1, -0.05) is 81.4 Å². The fourth-order valence-electron chi connectivity index (χ4n) is 3.58. The van der Waals surface area contributed by atoms with Crippen LogP contribution in [0.4, 0.5) is 4.39 Å². The zero-order valence-corrected chi connectivity index (χ0v) is 21.2. The predicted octanol–water partition coefficient (Wildman–Crippen LogP) is 5.23. The molecule has 1 aliphatic rings. The summed E-state index contributed by atoms with van der Waals surface area (Å²) >= 11 is 0. The van der Waals surface area contributed by atoms with Gasteiger partial charge in [-0.25, -0.2) is 4.39 Å². The van der Waals surface area contributed by atoms with Gasteiger partial charge < -0.3 is 23.7 Å². The van der Waals surface area contributed by atoms with Gasteiger partial charge in [0.05, 0.1) is 19.8 Å². The van der Waals surface area contributed by atoms with Crippen LogP contribution in [0.2, 0.25) is 18.1 Å². The maximum atomic E-state index is 15.3. The number of hydrogen-bond donors (Lipinski definition) is 1. The van der Waals surface area contributed by atoms with E-state index >= 15 is 4.39 Å². The zero-order valence-electron chi connectivity index (χ0n) is 20.2. The number of hydrogen-bond acceptors (Lipinski definition) is 5. The molecule has 0 aromatic heterocycles. The van der Waals surface area contributed by atoms with Gasteiger partial charge in [-0.05, 0) is 29.3 Å². The molecular formula is C26H37FO5Si. The van der Waals surface area contributed by atoms with E-state index < -0.39 is 39.1 Å². The van der Waals surface area contributed by atoms with Crippen LogP contribution in [-0.2, 0) is 31.9 Å². The highest BCUT2D eigenvalue weighted by Crippen LogP contribution is 2.40. The average Bonchev–Trinajstić information content (AvgIpc) is 2.78. The first kappa shape index (κ1) is 26.0. The highest BCUT2D eigenvalue weighted by molar-refractivity contribution is 6.74. The second-order valence-electron chi connectivity index (χ2n) is 10.1. The molecule has 0 bridgehead atoms. The van der Waals surface area contributed by atoms with Crippen LogP contribution < -0.4 is 0 Å². The molecule has 0 aliphatic carbocycles. The minimum Gasteiger partial charge on any atom is -0.406 e. The molecule has 1 saturated heterocycles. The number of rotatable bonds is 9. The first-order valence-corrected chi connectivity index (χ1v) is 14.4. The lowest BCUT2D eigenvalue weighted by Gasteiger charge is -2.47. The third-order valence-electron chi connectivity index (χ3n) is 6.56. The second kappa shape index (κ2) is 11.2. The van der Waals surface area contributed by atoms with Gasteiger partial charge in [0, 0.05) is 0 Å². The predicted molar refractivity (Wildman–Crippen MR) is 129 cm³/mol. The summed E-state index contributed by atoms with van der Waals surface area (Å²) in [5.74, 6) is 0. The number of alkyl halides is 1. The summed E-state index contributed by atoms with van der Waals surface area (Å²) in [5, 5.41) is 9.85. The Hall–Kier alpha value is -1.61. The van der Waals surface area contributed by atoms with Crippen LogP contribution >= 0.6 is 0 Å². The summed E-state index contributed by atoms with van der Waals surface area (Å²) in [6, 6.07) is 19.4. The Labute approximate surface area is 198 Å². The van der Waals surface area contributed by atoms with Crippen LogP contribution in [0.15, 0.2) is 60.7 Å².